The Balaban J connectivity index is 1.44. The second-order valence-corrected chi connectivity index (χ2v) is 6.73. The van der Waals surface area contributed by atoms with E-state index in [2.05, 4.69) is 27.3 Å². The molecule has 26 heavy (non-hydrogen) atoms. The van der Waals surface area contributed by atoms with Gasteiger partial charge in [-0.3, -0.25) is 4.79 Å². The zero-order valence-corrected chi connectivity index (χ0v) is 14.9. The van der Waals surface area contributed by atoms with Gasteiger partial charge >= 0.3 is 0 Å². The Labute approximate surface area is 153 Å². The van der Waals surface area contributed by atoms with Crippen LogP contribution >= 0.6 is 0 Å². The van der Waals surface area contributed by atoms with E-state index < -0.39 is 0 Å². The highest BCUT2D eigenvalue weighted by Crippen LogP contribution is 2.23. The number of piperidine rings is 1. The van der Waals surface area contributed by atoms with Gasteiger partial charge in [-0.05, 0) is 60.7 Å². The van der Waals surface area contributed by atoms with Gasteiger partial charge in [0, 0.05) is 48.9 Å². The largest absolute Gasteiger partial charge is 0.380 e. The second kappa shape index (κ2) is 7.22. The fourth-order valence-electron chi connectivity index (χ4n) is 3.51. The molecule has 2 N–H and O–H groups in total. The lowest BCUT2D eigenvalue weighted by Gasteiger charge is -2.33. The highest BCUT2D eigenvalue weighted by atomic mass is 16.5. The molecule has 2 aromatic carbocycles. The van der Waals surface area contributed by atoms with Crippen molar-refractivity contribution in [2.75, 3.05) is 30.4 Å². The van der Waals surface area contributed by atoms with Crippen molar-refractivity contribution in [3.05, 3.63) is 60.3 Å². The van der Waals surface area contributed by atoms with Crippen LogP contribution in [0, 0.1) is 0 Å². The number of fused-ring (bicyclic) bond motifs is 1. The molecule has 5 nitrogen and oxygen atoms in total. The average Bonchev–Trinajstić information content (AvgIpc) is 3.16. The Bertz CT molecular complexity index is 901. The smallest absolute Gasteiger partial charge is 0.255 e. The minimum atomic E-state index is -0.105. The molecule has 0 bridgehead atoms. The number of benzene rings is 2. The van der Waals surface area contributed by atoms with Crippen LogP contribution in [-0.2, 0) is 4.74 Å². The fourth-order valence-corrected chi connectivity index (χ4v) is 3.51. The predicted molar refractivity (Wildman–Crippen MR) is 105 cm³/mol. The van der Waals surface area contributed by atoms with Crippen LogP contribution in [0.1, 0.15) is 23.2 Å². The number of H-pyrrole nitrogens is 1. The lowest BCUT2D eigenvalue weighted by molar-refractivity contribution is 0.0893. The van der Waals surface area contributed by atoms with E-state index in [9.17, 15) is 4.79 Å². The maximum Gasteiger partial charge on any atom is 0.255 e. The van der Waals surface area contributed by atoms with Gasteiger partial charge in [0.25, 0.3) is 5.91 Å². The number of carbonyl (C=O) groups is 1. The van der Waals surface area contributed by atoms with Crippen LogP contribution in [0.4, 0.5) is 11.4 Å². The van der Waals surface area contributed by atoms with Gasteiger partial charge in [-0.25, -0.2) is 0 Å². The van der Waals surface area contributed by atoms with Crippen molar-refractivity contribution in [2.45, 2.75) is 18.9 Å². The summed E-state index contributed by atoms with van der Waals surface area (Å²) in [5.41, 5.74) is 3.57. The number of carbonyl (C=O) groups excluding carboxylic acids is 1. The molecule has 5 heteroatoms. The van der Waals surface area contributed by atoms with Crippen LogP contribution in [-0.4, -0.2) is 37.2 Å². The highest BCUT2D eigenvalue weighted by Gasteiger charge is 2.19. The van der Waals surface area contributed by atoms with Gasteiger partial charge in [-0.2, -0.15) is 0 Å². The molecule has 2 heterocycles. The number of aromatic nitrogens is 1. The van der Waals surface area contributed by atoms with Gasteiger partial charge in [-0.15, -0.1) is 0 Å². The molecular formula is C21H23N3O2. The molecule has 3 aromatic rings. The quantitative estimate of drug-likeness (QED) is 0.747. The topological polar surface area (TPSA) is 57.4 Å². The first-order chi connectivity index (χ1) is 12.7. The van der Waals surface area contributed by atoms with E-state index in [0.29, 0.717) is 11.7 Å². The van der Waals surface area contributed by atoms with Crippen molar-refractivity contribution in [3.8, 4) is 0 Å². The van der Waals surface area contributed by atoms with E-state index in [1.807, 2.05) is 42.6 Å². The van der Waals surface area contributed by atoms with Gasteiger partial charge in [-0.1, -0.05) is 6.07 Å². The molecule has 1 saturated heterocycles. The van der Waals surface area contributed by atoms with Crippen molar-refractivity contribution in [1.82, 2.24) is 4.98 Å². The fraction of sp³-hybridized carbons (Fsp3) is 0.286. The number of ether oxygens (including phenoxy) is 1. The number of methoxy groups -OCH3 is 1. The van der Waals surface area contributed by atoms with E-state index in [-0.39, 0.29) is 5.91 Å². The van der Waals surface area contributed by atoms with E-state index in [1.165, 1.54) is 0 Å². The summed E-state index contributed by atoms with van der Waals surface area (Å²) in [6.07, 6.45) is 4.43. The molecule has 134 valence electrons. The molecule has 0 saturated carbocycles. The molecule has 0 spiro atoms. The lowest BCUT2D eigenvalue weighted by atomic mass is 10.1. The summed E-state index contributed by atoms with van der Waals surface area (Å²) in [5, 5.41) is 4.07. The molecule has 1 aromatic heterocycles. The third-order valence-corrected chi connectivity index (χ3v) is 5.02. The van der Waals surface area contributed by atoms with Crippen LogP contribution in [0.15, 0.2) is 54.7 Å². The second-order valence-electron chi connectivity index (χ2n) is 6.73. The maximum absolute atomic E-state index is 12.5. The molecule has 1 unspecified atom stereocenters. The molecule has 1 atom stereocenters. The van der Waals surface area contributed by atoms with Crippen LogP contribution < -0.4 is 10.2 Å². The number of nitrogens with one attached hydrogen (secondary N) is 2. The number of amides is 1. The number of nitrogens with zero attached hydrogens (tertiary/aromatic N) is 1. The minimum Gasteiger partial charge on any atom is -0.380 e. The lowest BCUT2D eigenvalue weighted by Crippen LogP contribution is -2.39. The predicted octanol–water partition coefficient (Wildman–Crippen LogP) is 4.04. The first-order valence-electron chi connectivity index (χ1n) is 8.99. The van der Waals surface area contributed by atoms with E-state index in [0.717, 1.165) is 48.2 Å². The van der Waals surface area contributed by atoms with Crippen molar-refractivity contribution in [1.29, 1.82) is 0 Å². The number of hydrogen-bond acceptors (Lipinski definition) is 3. The van der Waals surface area contributed by atoms with E-state index >= 15 is 0 Å². The Kier molecular flexibility index (Phi) is 4.63. The van der Waals surface area contributed by atoms with Crippen LogP contribution in [0.3, 0.4) is 0 Å². The Morgan fingerprint density at radius 2 is 2.04 bits per heavy atom. The number of hydrogen-bond donors (Lipinski definition) is 2. The number of anilines is 2. The van der Waals surface area contributed by atoms with Crippen LogP contribution in [0.5, 0.6) is 0 Å². The zero-order chi connectivity index (χ0) is 17.9. The molecule has 1 aliphatic heterocycles. The summed E-state index contributed by atoms with van der Waals surface area (Å²) in [6.45, 7) is 1.96. The molecule has 1 amide bonds. The summed E-state index contributed by atoms with van der Waals surface area (Å²) < 4.78 is 5.49. The van der Waals surface area contributed by atoms with Gasteiger partial charge < -0.3 is 19.9 Å². The van der Waals surface area contributed by atoms with Gasteiger partial charge in [0.1, 0.15) is 0 Å². The van der Waals surface area contributed by atoms with Crippen molar-refractivity contribution < 1.29 is 9.53 Å². The summed E-state index contributed by atoms with van der Waals surface area (Å²) in [6, 6.07) is 15.7. The Morgan fingerprint density at radius 1 is 1.19 bits per heavy atom. The van der Waals surface area contributed by atoms with Crippen molar-refractivity contribution >= 4 is 28.2 Å². The molecule has 0 aliphatic carbocycles. The minimum absolute atomic E-state index is 0.105. The normalized spacial score (nSPS) is 17.4. The first kappa shape index (κ1) is 16.7. The third kappa shape index (κ3) is 3.44. The van der Waals surface area contributed by atoms with Gasteiger partial charge in [0.15, 0.2) is 0 Å². The summed E-state index contributed by atoms with van der Waals surface area (Å²) in [5.74, 6) is -0.105. The van der Waals surface area contributed by atoms with Crippen LogP contribution in [0.2, 0.25) is 0 Å². The zero-order valence-electron chi connectivity index (χ0n) is 14.9. The van der Waals surface area contributed by atoms with Crippen molar-refractivity contribution in [2.24, 2.45) is 0 Å². The molecule has 1 aliphatic rings. The summed E-state index contributed by atoms with van der Waals surface area (Å²) in [7, 11) is 1.78. The van der Waals surface area contributed by atoms with E-state index in [1.54, 1.807) is 7.11 Å². The maximum atomic E-state index is 12.5. The van der Waals surface area contributed by atoms with Crippen LogP contribution in [0.25, 0.3) is 10.9 Å². The SMILES string of the molecule is COC1CCCN(c2ccc(NC(=O)c3ccc4cc[nH]c4c3)cc2)C1. The van der Waals surface area contributed by atoms with Gasteiger partial charge in [0.2, 0.25) is 0 Å². The average molecular weight is 349 g/mol. The molecule has 0 radical (unpaired) electrons. The number of rotatable bonds is 4. The Morgan fingerprint density at radius 3 is 2.85 bits per heavy atom. The molecular weight excluding hydrogens is 326 g/mol. The summed E-state index contributed by atoms with van der Waals surface area (Å²) >= 11 is 0. The summed E-state index contributed by atoms with van der Waals surface area (Å²) in [4.78, 5) is 18.0. The number of aromatic amines is 1. The standard InChI is InChI=1S/C21H23N3O2/c1-26-19-3-2-12-24(14-19)18-8-6-17(7-9-18)23-21(25)16-5-4-15-10-11-22-20(15)13-16/h4-11,13,19,22H,2-3,12,14H2,1H3,(H,23,25). The molecule has 1 fully saturated rings. The molecule has 4 rings (SSSR count). The highest BCUT2D eigenvalue weighted by molar-refractivity contribution is 6.06. The first-order valence-corrected chi connectivity index (χ1v) is 8.99. The monoisotopic (exact) mass is 349 g/mol. The Hall–Kier alpha value is -2.79. The van der Waals surface area contributed by atoms with Gasteiger partial charge in [0.05, 0.1) is 6.10 Å². The van der Waals surface area contributed by atoms with E-state index in [4.69, 9.17) is 4.74 Å². The third-order valence-electron chi connectivity index (χ3n) is 5.02. The van der Waals surface area contributed by atoms with Crippen molar-refractivity contribution in [3.63, 3.8) is 0 Å².